The topological polar surface area (TPSA) is 50.4 Å². The first-order valence-electron chi connectivity index (χ1n) is 4.61. The number of carbonyl (C=O) groups excluding carboxylic acids is 1. The molecule has 4 nitrogen and oxygen atoms in total. The van der Waals surface area contributed by atoms with Gasteiger partial charge in [0.15, 0.2) is 0 Å². The predicted molar refractivity (Wildman–Crippen MR) is 52.8 cm³/mol. The predicted octanol–water partition coefficient (Wildman–Crippen LogP) is 1.12. The lowest BCUT2D eigenvalue weighted by molar-refractivity contribution is 0.138. The number of rotatable bonds is 4. The molecule has 0 aromatic heterocycles. The fourth-order valence-electron chi connectivity index (χ4n) is 0.735. The summed E-state index contributed by atoms with van der Waals surface area (Å²) in [6, 6.07) is 0. The van der Waals surface area contributed by atoms with Gasteiger partial charge in [-0.25, -0.2) is 4.79 Å². The Balaban J connectivity index is 3.41. The minimum atomic E-state index is -0.356. The monoisotopic (exact) mass is 188 g/mol. The highest BCUT2D eigenvalue weighted by atomic mass is 16.5. The highest BCUT2D eigenvalue weighted by molar-refractivity contribution is 5.67. The van der Waals surface area contributed by atoms with Crippen LogP contribution in [0, 0.1) is 0 Å². The van der Waals surface area contributed by atoms with E-state index in [1.54, 1.807) is 0 Å². The van der Waals surface area contributed by atoms with Crippen molar-refractivity contribution in [2.75, 3.05) is 19.7 Å². The summed E-state index contributed by atoms with van der Waals surface area (Å²) in [6.07, 6.45) is -0.356. The van der Waals surface area contributed by atoms with Gasteiger partial charge in [0.1, 0.15) is 6.61 Å². The van der Waals surface area contributed by atoms with Crippen molar-refractivity contribution in [2.24, 2.45) is 0 Å². The average molecular weight is 188 g/mol. The van der Waals surface area contributed by atoms with E-state index in [2.05, 4.69) is 10.6 Å². The van der Waals surface area contributed by atoms with E-state index in [4.69, 9.17) is 4.74 Å². The summed E-state index contributed by atoms with van der Waals surface area (Å²) in [4.78, 5) is 11.1. The second-order valence-corrected chi connectivity index (χ2v) is 3.86. The lowest BCUT2D eigenvalue weighted by Crippen LogP contribution is -2.41. The number of amides is 1. The Morgan fingerprint density at radius 1 is 1.38 bits per heavy atom. The zero-order chi connectivity index (χ0) is 10.3. The molecule has 0 fully saturated rings. The van der Waals surface area contributed by atoms with Crippen LogP contribution >= 0.6 is 0 Å². The molecule has 1 amide bonds. The number of carbonyl (C=O) groups is 1. The van der Waals surface area contributed by atoms with Gasteiger partial charge in [0.25, 0.3) is 0 Å². The van der Waals surface area contributed by atoms with Gasteiger partial charge in [-0.15, -0.1) is 0 Å². The molecule has 0 aliphatic carbocycles. The average Bonchev–Trinajstić information content (AvgIpc) is 1.94. The maximum atomic E-state index is 11.1. The maximum Gasteiger partial charge on any atom is 0.407 e. The number of alkyl carbamates (subject to hydrolysis) is 1. The summed E-state index contributed by atoms with van der Waals surface area (Å²) in [5, 5.41) is 5.77. The smallest absolute Gasteiger partial charge is 0.407 e. The lowest BCUT2D eigenvalue weighted by Gasteiger charge is -2.19. The van der Waals surface area contributed by atoms with Crippen LogP contribution in [0.5, 0.6) is 0 Å². The Labute approximate surface area is 80.0 Å². The molecule has 0 bridgehead atoms. The SMILES string of the molecule is CCNCCOC(=O)NC(C)(C)C. The molecule has 0 rings (SSSR count). The Morgan fingerprint density at radius 3 is 2.46 bits per heavy atom. The summed E-state index contributed by atoms with van der Waals surface area (Å²) in [5.41, 5.74) is -0.227. The third-order valence-corrected chi connectivity index (χ3v) is 1.24. The third kappa shape index (κ3) is 9.14. The summed E-state index contributed by atoms with van der Waals surface area (Å²) in [6.45, 7) is 9.76. The minimum absolute atomic E-state index is 0.227. The van der Waals surface area contributed by atoms with Crippen LogP contribution in [0.1, 0.15) is 27.7 Å². The van der Waals surface area contributed by atoms with Crippen LogP contribution < -0.4 is 10.6 Å². The fourth-order valence-corrected chi connectivity index (χ4v) is 0.735. The number of ether oxygens (including phenoxy) is 1. The second-order valence-electron chi connectivity index (χ2n) is 3.86. The molecular weight excluding hydrogens is 168 g/mol. The molecular formula is C9H20N2O2. The highest BCUT2D eigenvalue weighted by Crippen LogP contribution is 1.98. The molecule has 2 N–H and O–H groups in total. The zero-order valence-corrected chi connectivity index (χ0v) is 8.94. The fraction of sp³-hybridized carbons (Fsp3) is 0.889. The summed E-state index contributed by atoms with van der Waals surface area (Å²) in [5.74, 6) is 0. The van der Waals surface area contributed by atoms with E-state index in [0.717, 1.165) is 6.54 Å². The molecule has 0 heterocycles. The largest absolute Gasteiger partial charge is 0.448 e. The standard InChI is InChI=1S/C9H20N2O2/c1-5-10-6-7-13-8(12)11-9(2,3)4/h10H,5-7H2,1-4H3,(H,11,12). The van der Waals surface area contributed by atoms with Crippen LogP contribution in [0.15, 0.2) is 0 Å². The van der Waals surface area contributed by atoms with E-state index in [1.807, 2.05) is 27.7 Å². The van der Waals surface area contributed by atoms with Crippen LogP contribution in [0.2, 0.25) is 0 Å². The first-order valence-corrected chi connectivity index (χ1v) is 4.61. The third-order valence-electron chi connectivity index (χ3n) is 1.24. The molecule has 0 unspecified atom stereocenters. The molecule has 0 aliphatic heterocycles. The Morgan fingerprint density at radius 2 is 2.00 bits per heavy atom. The van der Waals surface area contributed by atoms with Crippen molar-refractivity contribution in [3.63, 3.8) is 0 Å². The van der Waals surface area contributed by atoms with Gasteiger partial charge in [-0.3, -0.25) is 0 Å². The normalized spacial score (nSPS) is 11.1. The van der Waals surface area contributed by atoms with Gasteiger partial charge in [-0.2, -0.15) is 0 Å². The van der Waals surface area contributed by atoms with Gasteiger partial charge in [0.05, 0.1) is 0 Å². The van der Waals surface area contributed by atoms with Gasteiger partial charge in [0, 0.05) is 12.1 Å². The molecule has 0 saturated heterocycles. The van der Waals surface area contributed by atoms with E-state index in [0.29, 0.717) is 13.2 Å². The molecule has 0 radical (unpaired) electrons. The number of hydrogen-bond donors (Lipinski definition) is 2. The van der Waals surface area contributed by atoms with Crippen LogP contribution in [0.25, 0.3) is 0 Å². The lowest BCUT2D eigenvalue weighted by atomic mass is 10.1. The van der Waals surface area contributed by atoms with Gasteiger partial charge < -0.3 is 15.4 Å². The van der Waals surface area contributed by atoms with Crippen molar-refractivity contribution >= 4 is 6.09 Å². The molecule has 13 heavy (non-hydrogen) atoms. The van der Waals surface area contributed by atoms with Crippen molar-refractivity contribution in [3.05, 3.63) is 0 Å². The van der Waals surface area contributed by atoms with E-state index in [1.165, 1.54) is 0 Å². The molecule has 0 aromatic carbocycles. The number of likely N-dealkylation sites (N-methyl/N-ethyl adjacent to an activating group) is 1. The van der Waals surface area contributed by atoms with E-state index in [-0.39, 0.29) is 11.6 Å². The Kier molecular flexibility index (Phi) is 5.46. The molecule has 0 saturated carbocycles. The van der Waals surface area contributed by atoms with Gasteiger partial charge >= 0.3 is 6.09 Å². The molecule has 4 heteroatoms. The first kappa shape index (κ1) is 12.2. The first-order chi connectivity index (χ1) is 5.95. The van der Waals surface area contributed by atoms with E-state index in [9.17, 15) is 4.79 Å². The summed E-state index contributed by atoms with van der Waals surface area (Å²) in [7, 11) is 0. The van der Waals surface area contributed by atoms with Crippen molar-refractivity contribution in [1.29, 1.82) is 0 Å². The Bertz CT molecular complexity index is 152. The van der Waals surface area contributed by atoms with Crippen LogP contribution in [-0.4, -0.2) is 31.3 Å². The highest BCUT2D eigenvalue weighted by Gasteiger charge is 2.13. The summed E-state index contributed by atoms with van der Waals surface area (Å²) >= 11 is 0. The minimum Gasteiger partial charge on any atom is -0.448 e. The molecule has 78 valence electrons. The zero-order valence-electron chi connectivity index (χ0n) is 8.94. The number of hydrogen-bond acceptors (Lipinski definition) is 3. The second kappa shape index (κ2) is 5.80. The molecule has 0 atom stereocenters. The van der Waals surface area contributed by atoms with Gasteiger partial charge in [0.2, 0.25) is 0 Å². The van der Waals surface area contributed by atoms with Crippen molar-refractivity contribution in [3.8, 4) is 0 Å². The summed E-state index contributed by atoms with van der Waals surface area (Å²) < 4.78 is 4.91. The number of nitrogens with one attached hydrogen (secondary N) is 2. The van der Waals surface area contributed by atoms with Crippen molar-refractivity contribution < 1.29 is 9.53 Å². The van der Waals surface area contributed by atoms with Crippen LogP contribution in [0.4, 0.5) is 4.79 Å². The molecule has 0 aromatic rings. The van der Waals surface area contributed by atoms with Gasteiger partial charge in [-0.1, -0.05) is 6.92 Å². The molecule has 0 spiro atoms. The van der Waals surface area contributed by atoms with Crippen molar-refractivity contribution in [2.45, 2.75) is 33.2 Å². The molecule has 0 aliphatic rings. The quantitative estimate of drug-likeness (QED) is 0.650. The van der Waals surface area contributed by atoms with Crippen LogP contribution in [0.3, 0.4) is 0 Å². The van der Waals surface area contributed by atoms with E-state index < -0.39 is 0 Å². The van der Waals surface area contributed by atoms with E-state index >= 15 is 0 Å². The maximum absolute atomic E-state index is 11.1. The van der Waals surface area contributed by atoms with Crippen LogP contribution in [-0.2, 0) is 4.74 Å². The van der Waals surface area contributed by atoms with Gasteiger partial charge in [-0.05, 0) is 27.3 Å². The van der Waals surface area contributed by atoms with Crippen molar-refractivity contribution in [1.82, 2.24) is 10.6 Å². The Hall–Kier alpha value is -0.770.